The van der Waals surface area contributed by atoms with Crippen molar-refractivity contribution in [2.75, 3.05) is 25.5 Å². The molecule has 3 amide bonds. The summed E-state index contributed by atoms with van der Waals surface area (Å²) in [5, 5.41) is 0. The van der Waals surface area contributed by atoms with Crippen LogP contribution in [0.4, 0.5) is 0 Å². The van der Waals surface area contributed by atoms with Gasteiger partial charge >= 0.3 is 0 Å². The predicted octanol–water partition coefficient (Wildman–Crippen LogP) is -0.312. The fraction of sp³-hybridized carbons (Fsp3) is 0.700. The van der Waals surface area contributed by atoms with E-state index in [4.69, 9.17) is 11.6 Å². The van der Waals surface area contributed by atoms with Crippen LogP contribution in [0.5, 0.6) is 0 Å². The van der Waals surface area contributed by atoms with Crippen LogP contribution >= 0.6 is 11.6 Å². The first-order chi connectivity index (χ1) is 7.60. The molecule has 2 aliphatic rings. The van der Waals surface area contributed by atoms with Gasteiger partial charge in [-0.1, -0.05) is 0 Å². The Hall–Kier alpha value is -1.10. The molecule has 0 aromatic rings. The molecule has 2 aliphatic heterocycles. The van der Waals surface area contributed by atoms with Gasteiger partial charge < -0.3 is 4.90 Å². The van der Waals surface area contributed by atoms with E-state index in [0.29, 0.717) is 19.6 Å². The van der Waals surface area contributed by atoms with Gasteiger partial charge in [-0.3, -0.25) is 19.3 Å². The van der Waals surface area contributed by atoms with Crippen LogP contribution in [0, 0.1) is 11.8 Å². The summed E-state index contributed by atoms with van der Waals surface area (Å²) in [5.74, 6) is -1.30. The minimum Gasteiger partial charge on any atom is -0.340 e. The number of fused-ring (bicyclic) bond motifs is 1. The fourth-order valence-corrected chi connectivity index (χ4v) is 2.58. The van der Waals surface area contributed by atoms with E-state index in [-0.39, 0.29) is 35.4 Å². The van der Waals surface area contributed by atoms with Gasteiger partial charge in [-0.15, -0.1) is 11.6 Å². The van der Waals surface area contributed by atoms with E-state index in [1.807, 2.05) is 0 Å². The number of nitrogens with zero attached hydrogens (tertiary/aromatic N) is 2. The molecule has 0 aliphatic carbocycles. The zero-order valence-electron chi connectivity index (χ0n) is 8.98. The number of likely N-dealkylation sites (tertiary alicyclic amines) is 2. The number of alkyl halides is 1. The molecule has 2 rings (SSSR count). The maximum Gasteiger partial charge on any atom is 0.237 e. The summed E-state index contributed by atoms with van der Waals surface area (Å²) in [6, 6.07) is 0. The van der Waals surface area contributed by atoms with Crippen LogP contribution < -0.4 is 0 Å². The number of hydrogen-bond acceptors (Lipinski definition) is 3. The van der Waals surface area contributed by atoms with E-state index in [1.165, 1.54) is 9.80 Å². The molecule has 0 radical (unpaired) electrons. The summed E-state index contributed by atoms with van der Waals surface area (Å²) in [6.45, 7) is 2.85. The smallest absolute Gasteiger partial charge is 0.237 e. The van der Waals surface area contributed by atoms with Gasteiger partial charge in [0.15, 0.2) is 0 Å². The molecule has 2 fully saturated rings. The summed E-state index contributed by atoms with van der Waals surface area (Å²) in [4.78, 5) is 37.8. The number of halogens is 1. The van der Waals surface area contributed by atoms with Crippen molar-refractivity contribution in [1.82, 2.24) is 9.80 Å². The van der Waals surface area contributed by atoms with Gasteiger partial charge in [0.05, 0.1) is 11.8 Å². The topological polar surface area (TPSA) is 57.7 Å². The molecule has 0 aromatic carbocycles. The Morgan fingerprint density at radius 2 is 1.81 bits per heavy atom. The fourth-order valence-electron chi connectivity index (χ4n) is 2.41. The third-order valence-corrected chi connectivity index (χ3v) is 3.50. The molecular weight excluding hydrogens is 232 g/mol. The molecule has 0 spiro atoms. The number of carbonyl (C=O) groups excluding carboxylic acids is 3. The number of hydrogen-bond donors (Lipinski definition) is 0. The van der Waals surface area contributed by atoms with Crippen molar-refractivity contribution in [2.45, 2.75) is 6.92 Å². The van der Waals surface area contributed by atoms with Gasteiger partial charge in [-0.25, -0.2) is 0 Å². The highest BCUT2D eigenvalue weighted by atomic mass is 35.5. The number of imide groups is 1. The average Bonchev–Trinajstić information content (AvgIpc) is 2.80. The molecular formula is C10H13ClN2O3. The van der Waals surface area contributed by atoms with Gasteiger partial charge in [-0.2, -0.15) is 0 Å². The van der Waals surface area contributed by atoms with Crippen molar-refractivity contribution < 1.29 is 14.4 Å². The Kier molecular flexibility index (Phi) is 2.88. The van der Waals surface area contributed by atoms with Crippen LogP contribution in [0.15, 0.2) is 0 Å². The lowest BCUT2D eigenvalue weighted by atomic mass is 10.00. The van der Waals surface area contributed by atoms with Crippen LogP contribution in [-0.2, 0) is 14.4 Å². The SMILES string of the molecule is CCN1C(=O)C2CN(C(=O)CCl)CC2C1=O. The third kappa shape index (κ3) is 1.50. The van der Waals surface area contributed by atoms with E-state index in [9.17, 15) is 14.4 Å². The first kappa shape index (κ1) is 11.4. The first-order valence-corrected chi connectivity index (χ1v) is 5.82. The van der Waals surface area contributed by atoms with Crippen LogP contribution in [0.3, 0.4) is 0 Å². The van der Waals surface area contributed by atoms with Crippen LogP contribution in [0.25, 0.3) is 0 Å². The maximum absolute atomic E-state index is 11.8. The van der Waals surface area contributed by atoms with Crippen molar-refractivity contribution in [1.29, 1.82) is 0 Å². The first-order valence-electron chi connectivity index (χ1n) is 5.29. The zero-order valence-corrected chi connectivity index (χ0v) is 9.74. The summed E-state index contributed by atoms with van der Waals surface area (Å²) < 4.78 is 0. The van der Waals surface area contributed by atoms with Gasteiger partial charge in [0.2, 0.25) is 17.7 Å². The van der Waals surface area contributed by atoms with Gasteiger partial charge in [0, 0.05) is 19.6 Å². The van der Waals surface area contributed by atoms with E-state index >= 15 is 0 Å². The molecule has 2 atom stereocenters. The molecule has 0 N–H and O–H groups in total. The lowest BCUT2D eigenvalue weighted by Crippen LogP contribution is -2.38. The third-order valence-electron chi connectivity index (χ3n) is 3.27. The molecule has 0 aromatic heterocycles. The summed E-state index contributed by atoms with van der Waals surface area (Å²) >= 11 is 5.45. The van der Waals surface area contributed by atoms with Crippen molar-refractivity contribution in [3.63, 3.8) is 0 Å². The number of rotatable bonds is 2. The standard InChI is InChI=1S/C10H13ClN2O3/c1-2-13-9(15)6-4-12(8(14)3-11)5-7(6)10(13)16/h6-7H,2-5H2,1H3. The minimum atomic E-state index is -0.348. The zero-order chi connectivity index (χ0) is 11.9. The Morgan fingerprint density at radius 3 is 2.19 bits per heavy atom. The van der Waals surface area contributed by atoms with E-state index in [0.717, 1.165) is 0 Å². The molecule has 6 heteroatoms. The van der Waals surface area contributed by atoms with Gasteiger partial charge in [0.1, 0.15) is 5.88 Å². The monoisotopic (exact) mass is 244 g/mol. The Bertz CT molecular complexity index is 334. The largest absolute Gasteiger partial charge is 0.340 e. The molecule has 5 nitrogen and oxygen atoms in total. The second-order valence-electron chi connectivity index (χ2n) is 4.07. The van der Waals surface area contributed by atoms with Crippen LogP contribution in [0.2, 0.25) is 0 Å². The summed E-state index contributed by atoms with van der Waals surface area (Å²) in [6.07, 6.45) is 0. The number of carbonyl (C=O) groups is 3. The molecule has 2 heterocycles. The second kappa shape index (κ2) is 4.05. The van der Waals surface area contributed by atoms with Gasteiger partial charge in [-0.05, 0) is 6.92 Å². The number of amides is 3. The van der Waals surface area contributed by atoms with E-state index in [1.54, 1.807) is 6.92 Å². The normalized spacial score (nSPS) is 28.9. The molecule has 16 heavy (non-hydrogen) atoms. The Balaban J connectivity index is 2.14. The second-order valence-corrected chi connectivity index (χ2v) is 4.33. The van der Waals surface area contributed by atoms with Crippen molar-refractivity contribution in [3.05, 3.63) is 0 Å². The Labute approximate surface area is 98.3 Å². The maximum atomic E-state index is 11.8. The summed E-state index contributed by atoms with van der Waals surface area (Å²) in [5.41, 5.74) is 0. The van der Waals surface area contributed by atoms with Crippen molar-refractivity contribution in [2.24, 2.45) is 11.8 Å². The van der Waals surface area contributed by atoms with Crippen molar-refractivity contribution in [3.8, 4) is 0 Å². The molecule has 2 saturated heterocycles. The lowest BCUT2D eigenvalue weighted by Gasteiger charge is -2.18. The quantitative estimate of drug-likeness (QED) is 0.495. The molecule has 2 unspecified atom stereocenters. The van der Waals surface area contributed by atoms with E-state index in [2.05, 4.69) is 0 Å². The van der Waals surface area contributed by atoms with Crippen LogP contribution in [0.1, 0.15) is 6.92 Å². The highest BCUT2D eigenvalue weighted by Crippen LogP contribution is 2.33. The lowest BCUT2D eigenvalue weighted by molar-refractivity contribution is -0.140. The minimum absolute atomic E-state index is 0.0979. The highest BCUT2D eigenvalue weighted by molar-refractivity contribution is 6.27. The molecule has 0 saturated carbocycles. The highest BCUT2D eigenvalue weighted by Gasteiger charge is 2.52. The van der Waals surface area contributed by atoms with E-state index < -0.39 is 0 Å². The predicted molar refractivity (Wildman–Crippen MR) is 56.7 cm³/mol. The molecule has 0 bridgehead atoms. The molecule has 88 valence electrons. The summed E-state index contributed by atoms with van der Waals surface area (Å²) in [7, 11) is 0. The van der Waals surface area contributed by atoms with Crippen molar-refractivity contribution >= 4 is 29.3 Å². The van der Waals surface area contributed by atoms with Gasteiger partial charge in [0.25, 0.3) is 0 Å². The average molecular weight is 245 g/mol. The Morgan fingerprint density at radius 1 is 1.31 bits per heavy atom. The van der Waals surface area contributed by atoms with Crippen LogP contribution in [-0.4, -0.2) is 53.0 Å².